The fraction of sp³-hybridized carbons (Fsp3) is 0.200. The molecule has 1 N–H and O–H groups in total. The molecule has 3 aromatic rings. The Hall–Kier alpha value is -3.05. The SMILES string of the molecule is O=C1CNC(=O)N1CCSc1nnc(-c2ccccc2Cl)n1-c1cccc(C(F)(F)F)c1. The monoisotopic (exact) mass is 481 g/mol. The number of carbonyl (C=O) groups is 2. The molecule has 1 aliphatic heterocycles. The summed E-state index contributed by atoms with van der Waals surface area (Å²) in [4.78, 5) is 24.5. The van der Waals surface area contributed by atoms with Crippen LogP contribution in [0.4, 0.5) is 18.0 Å². The van der Waals surface area contributed by atoms with Crippen LogP contribution in [-0.2, 0) is 11.0 Å². The van der Waals surface area contributed by atoms with E-state index in [9.17, 15) is 22.8 Å². The predicted octanol–water partition coefficient (Wildman–Crippen LogP) is 4.25. The molecule has 1 fully saturated rings. The number of nitrogens with one attached hydrogen (secondary N) is 1. The van der Waals surface area contributed by atoms with Gasteiger partial charge in [-0.2, -0.15) is 13.2 Å². The third-order valence-corrected chi connectivity index (χ3v) is 5.90. The Morgan fingerprint density at radius 1 is 1.09 bits per heavy atom. The highest BCUT2D eigenvalue weighted by Crippen LogP contribution is 2.35. The van der Waals surface area contributed by atoms with E-state index in [-0.39, 0.29) is 36.3 Å². The zero-order valence-corrected chi connectivity index (χ0v) is 17.8. The summed E-state index contributed by atoms with van der Waals surface area (Å²) in [6.45, 7) is 0.0623. The molecule has 0 radical (unpaired) electrons. The number of hydrogen-bond acceptors (Lipinski definition) is 5. The van der Waals surface area contributed by atoms with E-state index in [0.717, 1.165) is 28.8 Å². The number of amides is 3. The first-order chi connectivity index (χ1) is 15.3. The molecule has 0 bridgehead atoms. The summed E-state index contributed by atoms with van der Waals surface area (Å²) in [7, 11) is 0. The molecule has 12 heteroatoms. The standard InChI is InChI=1S/C20H15ClF3N5O2S/c21-15-7-2-1-6-14(15)17-26-27-19(32-9-8-28-16(30)11-25-18(28)31)29(17)13-5-3-4-12(10-13)20(22,23)24/h1-7,10H,8-9,11H2,(H,25,31). The first-order valence-corrected chi connectivity index (χ1v) is 10.7. The van der Waals surface area contributed by atoms with Gasteiger partial charge in [0.25, 0.3) is 0 Å². The molecule has 0 atom stereocenters. The molecule has 0 spiro atoms. The van der Waals surface area contributed by atoms with E-state index in [0.29, 0.717) is 15.7 Å². The van der Waals surface area contributed by atoms with E-state index in [1.165, 1.54) is 16.7 Å². The van der Waals surface area contributed by atoms with E-state index in [1.54, 1.807) is 24.3 Å². The van der Waals surface area contributed by atoms with Crippen molar-refractivity contribution in [2.45, 2.75) is 11.3 Å². The lowest BCUT2D eigenvalue weighted by molar-refractivity contribution is -0.137. The predicted molar refractivity (Wildman–Crippen MR) is 113 cm³/mol. The van der Waals surface area contributed by atoms with E-state index in [4.69, 9.17) is 11.6 Å². The van der Waals surface area contributed by atoms with E-state index >= 15 is 0 Å². The Morgan fingerprint density at radius 2 is 1.88 bits per heavy atom. The molecule has 166 valence electrons. The Bertz CT molecular complexity index is 1170. The Labute approximate surface area is 189 Å². The second-order valence-corrected chi connectivity index (χ2v) is 8.19. The van der Waals surface area contributed by atoms with Crippen molar-refractivity contribution in [1.82, 2.24) is 25.0 Å². The van der Waals surface area contributed by atoms with Gasteiger partial charge in [-0.15, -0.1) is 10.2 Å². The number of hydrogen-bond donors (Lipinski definition) is 1. The summed E-state index contributed by atoms with van der Waals surface area (Å²) in [5, 5.41) is 11.4. The Morgan fingerprint density at radius 3 is 2.56 bits per heavy atom. The molecule has 7 nitrogen and oxygen atoms in total. The van der Waals surface area contributed by atoms with Gasteiger partial charge >= 0.3 is 12.2 Å². The van der Waals surface area contributed by atoms with Gasteiger partial charge in [0.15, 0.2) is 11.0 Å². The van der Waals surface area contributed by atoms with Crippen molar-refractivity contribution in [2.24, 2.45) is 0 Å². The number of halogens is 4. The number of thioether (sulfide) groups is 1. The Kier molecular flexibility index (Phi) is 6.11. The molecule has 3 amide bonds. The lowest BCUT2D eigenvalue weighted by Gasteiger charge is -2.15. The van der Waals surface area contributed by atoms with Gasteiger partial charge in [-0.3, -0.25) is 14.3 Å². The number of carbonyl (C=O) groups excluding carboxylic acids is 2. The fourth-order valence-corrected chi connectivity index (χ4v) is 4.24. The molecular formula is C20H15ClF3N5O2S. The molecule has 1 aliphatic rings. The van der Waals surface area contributed by atoms with Gasteiger partial charge < -0.3 is 5.32 Å². The second kappa shape index (κ2) is 8.83. The molecule has 0 unspecified atom stereocenters. The number of benzene rings is 2. The number of rotatable bonds is 6. The van der Waals surface area contributed by atoms with Crippen LogP contribution in [0.2, 0.25) is 5.02 Å². The summed E-state index contributed by atoms with van der Waals surface area (Å²) in [5.41, 5.74) is -0.110. The zero-order valence-electron chi connectivity index (χ0n) is 16.3. The number of nitrogens with zero attached hydrogens (tertiary/aromatic N) is 4. The van der Waals surface area contributed by atoms with Gasteiger partial charge in [-0.25, -0.2) is 4.79 Å². The van der Waals surface area contributed by atoms with Crippen molar-refractivity contribution < 1.29 is 22.8 Å². The summed E-state index contributed by atoms with van der Waals surface area (Å²) in [5.74, 6) is 0.206. The summed E-state index contributed by atoms with van der Waals surface area (Å²) >= 11 is 7.46. The third-order valence-electron chi connectivity index (χ3n) is 4.66. The van der Waals surface area contributed by atoms with Crippen LogP contribution in [0.5, 0.6) is 0 Å². The average Bonchev–Trinajstić information content (AvgIpc) is 3.32. The zero-order chi connectivity index (χ0) is 22.9. The molecular weight excluding hydrogens is 467 g/mol. The quantitative estimate of drug-likeness (QED) is 0.420. The minimum absolute atomic E-state index is 0.0550. The van der Waals surface area contributed by atoms with Gasteiger partial charge in [0.1, 0.15) is 0 Å². The van der Waals surface area contributed by atoms with Crippen LogP contribution in [0.15, 0.2) is 53.7 Å². The first kappa shape index (κ1) is 22.2. The van der Waals surface area contributed by atoms with Crippen molar-refractivity contribution in [2.75, 3.05) is 18.8 Å². The van der Waals surface area contributed by atoms with Crippen LogP contribution >= 0.6 is 23.4 Å². The lowest BCUT2D eigenvalue weighted by atomic mass is 10.1. The highest BCUT2D eigenvalue weighted by molar-refractivity contribution is 7.99. The second-order valence-electron chi connectivity index (χ2n) is 6.72. The molecule has 0 saturated carbocycles. The van der Waals surface area contributed by atoms with Crippen LogP contribution in [0, 0.1) is 0 Å². The third kappa shape index (κ3) is 4.44. The number of alkyl halides is 3. The summed E-state index contributed by atoms with van der Waals surface area (Å²) in [6.07, 6.45) is -4.52. The van der Waals surface area contributed by atoms with Crippen molar-refractivity contribution in [1.29, 1.82) is 0 Å². The maximum absolute atomic E-state index is 13.3. The summed E-state index contributed by atoms with van der Waals surface area (Å²) in [6, 6.07) is 11.1. The van der Waals surface area contributed by atoms with Crippen molar-refractivity contribution >= 4 is 35.3 Å². The minimum atomic E-state index is -4.52. The van der Waals surface area contributed by atoms with Crippen molar-refractivity contribution in [3.8, 4) is 17.1 Å². The summed E-state index contributed by atoms with van der Waals surface area (Å²) < 4.78 is 41.4. The van der Waals surface area contributed by atoms with Gasteiger partial charge in [-0.1, -0.05) is 41.6 Å². The first-order valence-electron chi connectivity index (χ1n) is 9.34. The van der Waals surface area contributed by atoms with Crippen LogP contribution < -0.4 is 5.32 Å². The molecule has 1 saturated heterocycles. The number of urea groups is 1. The molecule has 2 aromatic carbocycles. The molecule has 1 aromatic heterocycles. The van der Waals surface area contributed by atoms with E-state index < -0.39 is 17.8 Å². The van der Waals surface area contributed by atoms with Gasteiger partial charge in [0.05, 0.1) is 22.8 Å². The molecule has 0 aliphatic carbocycles. The largest absolute Gasteiger partial charge is 0.416 e. The highest BCUT2D eigenvalue weighted by atomic mass is 35.5. The van der Waals surface area contributed by atoms with Crippen LogP contribution in [0.25, 0.3) is 17.1 Å². The van der Waals surface area contributed by atoms with Crippen LogP contribution in [-0.4, -0.2) is 50.4 Å². The van der Waals surface area contributed by atoms with Crippen LogP contribution in [0.1, 0.15) is 5.56 Å². The highest BCUT2D eigenvalue weighted by Gasteiger charge is 2.31. The number of aromatic nitrogens is 3. The number of imide groups is 1. The van der Waals surface area contributed by atoms with Gasteiger partial charge in [0.2, 0.25) is 5.91 Å². The molecule has 2 heterocycles. The fourth-order valence-electron chi connectivity index (χ4n) is 3.14. The van der Waals surface area contributed by atoms with Crippen molar-refractivity contribution in [3.05, 3.63) is 59.1 Å². The van der Waals surface area contributed by atoms with Crippen LogP contribution in [0.3, 0.4) is 0 Å². The molecule has 4 rings (SSSR count). The normalized spacial score (nSPS) is 14.2. The van der Waals surface area contributed by atoms with E-state index in [2.05, 4.69) is 15.5 Å². The smallest absolute Gasteiger partial charge is 0.329 e. The van der Waals surface area contributed by atoms with Crippen molar-refractivity contribution in [3.63, 3.8) is 0 Å². The lowest BCUT2D eigenvalue weighted by Crippen LogP contribution is -2.32. The minimum Gasteiger partial charge on any atom is -0.329 e. The van der Waals surface area contributed by atoms with Gasteiger partial charge in [0, 0.05) is 17.9 Å². The average molecular weight is 482 g/mol. The maximum Gasteiger partial charge on any atom is 0.416 e. The topological polar surface area (TPSA) is 80.1 Å². The molecule has 32 heavy (non-hydrogen) atoms. The maximum atomic E-state index is 13.3. The van der Waals surface area contributed by atoms with E-state index in [1.807, 2.05) is 0 Å². The van der Waals surface area contributed by atoms with Gasteiger partial charge in [-0.05, 0) is 30.3 Å². The Balaban J connectivity index is 1.71.